The summed E-state index contributed by atoms with van der Waals surface area (Å²) in [5.41, 5.74) is 0. The summed E-state index contributed by atoms with van der Waals surface area (Å²) < 4.78 is 10.9. The van der Waals surface area contributed by atoms with Gasteiger partial charge in [-0.25, -0.2) is 0 Å². The average Bonchev–Trinajstić information content (AvgIpc) is 2.03. The molecule has 1 N–H and O–H groups in total. The van der Waals surface area contributed by atoms with Gasteiger partial charge in [0.1, 0.15) is 8.22 Å². The molecule has 0 amide bonds. The van der Waals surface area contributed by atoms with Gasteiger partial charge in [0.25, 0.3) is 0 Å². The fourth-order valence-corrected chi connectivity index (χ4v) is 2.38. The third-order valence-electron chi connectivity index (χ3n) is 1.86. The van der Waals surface area contributed by atoms with Crippen molar-refractivity contribution in [3.8, 4) is 0 Å². The quantitative estimate of drug-likeness (QED) is 0.568. The van der Waals surface area contributed by atoms with Gasteiger partial charge < -0.3 is 14.6 Å². The number of ether oxygens (including phenoxy) is 2. The molecule has 1 rings (SSSR count). The molecule has 5 heteroatoms. The molecular formula is C8H14I2O3. The van der Waals surface area contributed by atoms with Crippen LogP contribution in [0.2, 0.25) is 0 Å². The molecule has 1 aliphatic rings. The number of hydrogen-bond acceptors (Lipinski definition) is 3. The molecule has 1 fully saturated rings. The molecule has 0 aromatic heterocycles. The van der Waals surface area contributed by atoms with E-state index in [1.165, 1.54) is 6.42 Å². The Morgan fingerprint density at radius 1 is 1.54 bits per heavy atom. The van der Waals surface area contributed by atoms with Crippen molar-refractivity contribution in [3.63, 3.8) is 0 Å². The molecule has 0 aromatic rings. The predicted molar refractivity (Wildman–Crippen MR) is 67.4 cm³/mol. The Morgan fingerprint density at radius 3 is 2.92 bits per heavy atom. The highest BCUT2D eigenvalue weighted by Crippen LogP contribution is 2.23. The Morgan fingerprint density at radius 2 is 2.31 bits per heavy atom. The lowest BCUT2D eigenvalue weighted by Crippen LogP contribution is -2.28. The highest BCUT2D eigenvalue weighted by atomic mass is 127. The number of halogens is 2. The maximum Gasteiger partial charge on any atom is 0.128 e. The first-order chi connectivity index (χ1) is 6.18. The van der Waals surface area contributed by atoms with Crippen LogP contribution in [0, 0.1) is 0 Å². The Hall–Kier alpha value is 1.34. The van der Waals surface area contributed by atoms with Crippen molar-refractivity contribution in [2.75, 3.05) is 13.2 Å². The van der Waals surface area contributed by atoms with Crippen molar-refractivity contribution in [2.24, 2.45) is 0 Å². The van der Waals surface area contributed by atoms with Crippen LogP contribution in [-0.2, 0) is 9.47 Å². The number of hydrogen-bond donors (Lipinski definition) is 1. The van der Waals surface area contributed by atoms with Crippen LogP contribution in [0.4, 0.5) is 0 Å². The van der Waals surface area contributed by atoms with Crippen molar-refractivity contribution >= 4 is 45.2 Å². The standard InChI is InChI=1S/C8H14I2O3/c9-7(11)5-12-4-6-2-1-3-8(10)13-6/h6-8,11H,1-5H2. The van der Waals surface area contributed by atoms with Crippen LogP contribution in [0.25, 0.3) is 0 Å². The van der Waals surface area contributed by atoms with E-state index in [1.807, 2.05) is 22.6 Å². The summed E-state index contributed by atoms with van der Waals surface area (Å²) in [6.07, 6.45) is 3.67. The van der Waals surface area contributed by atoms with Crippen molar-refractivity contribution in [1.29, 1.82) is 0 Å². The predicted octanol–water partition coefficient (Wildman–Crippen LogP) is 2.09. The van der Waals surface area contributed by atoms with E-state index in [9.17, 15) is 0 Å². The van der Waals surface area contributed by atoms with Gasteiger partial charge in [0, 0.05) is 0 Å². The third kappa shape index (κ3) is 5.71. The first kappa shape index (κ1) is 12.4. The smallest absolute Gasteiger partial charge is 0.128 e. The average molecular weight is 412 g/mol. The molecule has 1 heterocycles. The highest BCUT2D eigenvalue weighted by Gasteiger charge is 2.20. The Labute approximate surface area is 106 Å². The lowest BCUT2D eigenvalue weighted by atomic mass is 10.1. The number of aliphatic hydroxyl groups is 1. The molecule has 13 heavy (non-hydrogen) atoms. The Bertz CT molecular complexity index is 143. The van der Waals surface area contributed by atoms with E-state index in [-0.39, 0.29) is 6.10 Å². The lowest BCUT2D eigenvalue weighted by molar-refractivity contribution is -0.0537. The molecule has 1 saturated heterocycles. The van der Waals surface area contributed by atoms with Crippen LogP contribution in [0.15, 0.2) is 0 Å². The number of alkyl halides is 2. The monoisotopic (exact) mass is 412 g/mol. The molecule has 3 nitrogen and oxygen atoms in total. The number of rotatable bonds is 4. The van der Waals surface area contributed by atoms with Gasteiger partial charge in [0.2, 0.25) is 0 Å². The van der Waals surface area contributed by atoms with Crippen molar-refractivity contribution in [3.05, 3.63) is 0 Å². The maximum absolute atomic E-state index is 8.95. The van der Waals surface area contributed by atoms with Gasteiger partial charge in [-0.1, -0.05) is 22.6 Å². The topological polar surface area (TPSA) is 38.7 Å². The molecule has 0 spiro atoms. The molecule has 0 bridgehead atoms. The SMILES string of the molecule is OC(I)COCC1CCCC(I)O1. The normalized spacial score (nSPS) is 31.6. The Kier molecular flexibility index (Phi) is 6.45. The molecular weight excluding hydrogens is 398 g/mol. The second-order valence-corrected chi connectivity index (χ2v) is 5.90. The van der Waals surface area contributed by atoms with Gasteiger partial charge in [0.15, 0.2) is 0 Å². The second-order valence-electron chi connectivity index (χ2n) is 3.07. The van der Waals surface area contributed by atoms with E-state index >= 15 is 0 Å². The van der Waals surface area contributed by atoms with E-state index < -0.39 is 4.11 Å². The summed E-state index contributed by atoms with van der Waals surface area (Å²) in [6.45, 7) is 1.01. The van der Waals surface area contributed by atoms with Crippen molar-refractivity contribution in [2.45, 2.75) is 33.6 Å². The summed E-state index contributed by atoms with van der Waals surface area (Å²) in [4.78, 5) is 0. The fourth-order valence-electron chi connectivity index (χ4n) is 1.27. The molecule has 3 unspecified atom stereocenters. The second kappa shape index (κ2) is 6.76. The summed E-state index contributed by atoms with van der Waals surface area (Å²) in [6, 6.07) is 0. The van der Waals surface area contributed by atoms with Crippen LogP contribution >= 0.6 is 45.2 Å². The van der Waals surface area contributed by atoms with Crippen LogP contribution < -0.4 is 0 Å². The minimum Gasteiger partial charge on any atom is -0.380 e. The van der Waals surface area contributed by atoms with Gasteiger partial charge in [0.05, 0.1) is 19.3 Å². The lowest BCUT2D eigenvalue weighted by Gasteiger charge is -2.26. The highest BCUT2D eigenvalue weighted by molar-refractivity contribution is 14.1. The van der Waals surface area contributed by atoms with Gasteiger partial charge in [-0.05, 0) is 41.9 Å². The first-order valence-electron chi connectivity index (χ1n) is 4.38. The first-order valence-corrected chi connectivity index (χ1v) is 6.87. The van der Waals surface area contributed by atoms with Crippen molar-refractivity contribution < 1.29 is 14.6 Å². The van der Waals surface area contributed by atoms with E-state index in [0.29, 0.717) is 17.3 Å². The summed E-state index contributed by atoms with van der Waals surface area (Å²) in [7, 11) is 0. The zero-order valence-corrected chi connectivity index (χ0v) is 11.6. The van der Waals surface area contributed by atoms with Gasteiger partial charge in [-0.3, -0.25) is 0 Å². The minimum atomic E-state index is -0.406. The summed E-state index contributed by atoms with van der Waals surface area (Å²) >= 11 is 4.24. The molecule has 0 radical (unpaired) electrons. The van der Waals surface area contributed by atoms with Gasteiger partial charge in [-0.15, -0.1) is 0 Å². The molecule has 78 valence electrons. The van der Waals surface area contributed by atoms with Crippen LogP contribution in [0.3, 0.4) is 0 Å². The van der Waals surface area contributed by atoms with Crippen LogP contribution in [0.5, 0.6) is 0 Å². The zero-order valence-electron chi connectivity index (χ0n) is 7.29. The third-order valence-corrected chi connectivity index (χ3v) is 3.13. The number of aliphatic hydroxyl groups excluding tert-OH is 1. The van der Waals surface area contributed by atoms with Gasteiger partial charge in [-0.2, -0.15) is 0 Å². The minimum absolute atomic E-state index is 0.228. The van der Waals surface area contributed by atoms with Crippen LogP contribution in [0.1, 0.15) is 19.3 Å². The molecule has 0 aliphatic carbocycles. The molecule has 3 atom stereocenters. The fraction of sp³-hybridized carbons (Fsp3) is 1.00. The van der Waals surface area contributed by atoms with E-state index in [4.69, 9.17) is 14.6 Å². The molecule has 1 aliphatic heterocycles. The summed E-state index contributed by atoms with van der Waals surface area (Å²) in [5, 5.41) is 8.95. The van der Waals surface area contributed by atoms with Crippen molar-refractivity contribution in [1.82, 2.24) is 0 Å². The zero-order chi connectivity index (χ0) is 9.68. The van der Waals surface area contributed by atoms with E-state index in [1.54, 1.807) is 0 Å². The van der Waals surface area contributed by atoms with Gasteiger partial charge >= 0.3 is 0 Å². The summed E-state index contributed by atoms with van der Waals surface area (Å²) in [5.74, 6) is 0. The Balaban J connectivity index is 2.06. The van der Waals surface area contributed by atoms with Crippen LogP contribution in [-0.4, -0.2) is 32.6 Å². The largest absolute Gasteiger partial charge is 0.380 e. The molecule has 0 saturated carbocycles. The maximum atomic E-state index is 8.95. The van der Waals surface area contributed by atoms with E-state index in [2.05, 4.69) is 22.6 Å². The van der Waals surface area contributed by atoms with E-state index in [0.717, 1.165) is 12.8 Å². The molecule has 0 aromatic carbocycles.